The first-order chi connectivity index (χ1) is 10.1. The lowest BCUT2D eigenvalue weighted by atomic mass is 9.95. The Morgan fingerprint density at radius 1 is 1.29 bits per heavy atom. The van der Waals surface area contributed by atoms with Crippen molar-refractivity contribution in [2.24, 2.45) is 5.92 Å². The van der Waals surface area contributed by atoms with Gasteiger partial charge in [-0.2, -0.15) is 4.31 Å². The third kappa shape index (κ3) is 3.75. The summed E-state index contributed by atoms with van der Waals surface area (Å²) < 4.78 is 32.2. The topological polar surface area (TPSA) is 58.6 Å². The number of nitrogens with zero attached hydrogens (tertiary/aromatic N) is 1. The number of rotatable bonds is 6. The van der Waals surface area contributed by atoms with Crippen LogP contribution in [0.2, 0.25) is 0 Å². The molecule has 0 unspecified atom stereocenters. The van der Waals surface area contributed by atoms with Crippen molar-refractivity contribution < 1.29 is 13.2 Å². The quantitative estimate of drug-likeness (QED) is 0.869. The zero-order valence-corrected chi connectivity index (χ0v) is 13.5. The van der Waals surface area contributed by atoms with Crippen molar-refractivity contribution in [2.75, 3.05) is 33.8 Å². The fourth-order valence-electron chi connectivity index (χ4n) is 2.76. The molecule has 1 saturated heterocycles. The lowest BCUT2D eigenvalue weighted by molar-refractivity contribution is 0.262. The molecule has 118 valence electrons. The van der Waals surface area contributed by atoms with Crippen LogP contribution < -0.4 is 10.1 Å². The van der Waals surface area contributed by atoms with Crippen molar-refractivity contribution in [3.63, 3.8) is 0 Å². The van der Waals surface area contributed by atoms with Crippen LogP contribution in [0.5, 0.6) is 5.75 Å². The number of methoxy groups -OCH3 is 1. The van der Waals surface area contributed by atoms with Crippen LogP contribution in [0.25, 0.3) is 0 Å². The van der Waals surface area contributed by atoms with Crippen LogP contribution in [-0.4, -0.2) is 46.5 Å². The van der Waals surface area contributed by atoms with Crippen LogP contribution >= 0.6 is 0 Å². The molecular formula is C15H24N2O3S. The molecule has 0 radical (unpaired) electrons. The average Bonchev–Trinajstić information content (AvgIpc) is 2.53. The van der Waals surface area contributed by atoms with Gasteiger partial charge in [-0.3, -0.25) is 0 Å². The maximum atomic E-state index is 12.7. The molecule has 1 N–H and O–H groups in total. The predicted molar refractivity (Wildman–Crippen MR) is 83.0 cm³/mol. The Balaban J connectivity index is 2.08. The fraction of sp³-hybridized carbons (Fsp3) is 0.600. The number of ether oxygens (including phenoxy) is 1. The summed E-state index contributed by atoms with van der Waals surface area (Å²) in [5, 5.41) is 3.15. The van der Waals surface area contributed by atoms with Gasteiger partial charge in [-0.1, -0.05) is 12.1 Å². The van der Waals surface area contributed by atoms with Crippen molar-refractivity contribution in [2.45, 2.75) is 24.2 Å². The van der Waals surface area contributed by atoms with Crippen molar-refractivity contribution >= 4 is 10.0 Å². The second-order valence-electron chi connectivity index (χ2n) is 5.39. The van der Waals surface area contributed by atoms with E-state index in [4.69, 9.17) is 4.74 Å². The number of benzene rings is 1. The average molecular weight is 312 g/mol. The van der Waals surface area contributed by atoms with Crippen LogP contribution in [0.3, 0.4) is 0 Å². The van der Waals surface area contributed by atoms with Gasteiger partial charge in [0, 0.05) is 13.1 Å². The van der Waals surface area contributed by atoms with Crippen LogP contribution in [-0.2, 0) is 10.0 Å². The van der Waals surface area contributed by atoms with Gasteiger partial charge in [-0.05, 0) is 50.9 Å². The summed E-state index contributed by atoms with van der Waals surface area (Å²) in [6.07, 6.45) is 2.96. The predicted octanol–water partition coefficient (Wildman–Crippen LogP) is 1.71. The van der Waals surface area contributed by atoms with Crippen molar-refractivity contribution in [3.8, 4) is 5.75 Å². The van der Waals surface area contributed by atoms with Gasteiger partial charge < -0.3 is 10.1 Å². The number of piperidine rings is 1. The molecule has 0 bridgehead atoms. The monoisotopic (exact) mass is 312 g/mol. The first kappa shape index (κ1) is 16.3. The molecule has 1 fully saturated rings. The zero-order chi connectivity index (χ0) is 15.3. The van der Waals surface area contributed by atoms with E-state index in [-0.39, 0.29) is 4.90 Å². The van der Waals surface area contributed by atoms with E-state index in [1.54, 1.807) is 28.6 Å². The molecule has 1 aromatic rings. The summed E-state index contributed by atoms with van der Waals surface area (Å²) in [4.78, 5) is 0.265. The smallest absolute Gasteiger partial charge is 0.246 e. The number of nitrogens with one attached hydrogen (secondary N) is 1. The molecule has 0 saturated carbocycles. The van der Waals surface area contributed by atoms with Crippen LogP contribution in [0, 0.1) is 5.92 Å². The molecule has 1 aromatic carbocycles. The molecule has 5 nitrogen and oxygen atoms in total. The van der Waals surface area contributed by atoms with Crippen molar-refractivity contribution in [1.82, 2.24) is 9.62 Å². The highest BCUT2D eigenvalue weighted by Crippen LogP contribution is 2.29. The first-order valence-corrected chi connectivity index (χ1v) is 8.81. The Morgan fingerprint density at radius 3 is 2.57 bits per heavy atom. The normalized spacial score (nSPS) is 17.8. The van der Waals surface area contributed by atoms with Crippen LogP contribution in [0.15, 0.2) is 29.2 Å². The molecular weight excluding hydrogens is 288 g/mol. The summed E-state index contributed by atoms with van der Waals surface area (Å²) in [6, 6.07) is 6.81. The molecule has 21 heavy (non-hydrogen) atoms. The van der Waals surface area contributed by atoms with Gasteiger partial charge >= 0.3 is 0 Å². The largest absolute Gasteiger partial charge is 0.495 e. The van der Waals surface area contributed by atoms with Gasteiger partial charge in [-0.25, -0.2) is 8.42 Å². The number of hydrogen-bond acceptors (Lipinski definition) is 4. The van der Waals surface area contributed by atoms with Gasteiger partial charge in [0.25, 0.3) is 0 Å². The fourth-order valence-corrected chi connectivity index (χ4v) is 4.38. The highest BCUT2D eigenvalue weighted by molar-refractivity contribution is 7.89. The van der Waals surface area contributed by atoms with Gasteiger partial charge in [0.05, 0.1) is 7.11 Å². The molecule has 0 aliphatic carbocycles. The summed E-state index contributed by atoms with van der Waals surface area (Å²) in [6.45, 7) is 2.17. The Kier molecular flexibility index (Phi) is 5.61. The van der Waals surface area contributed by atoms with Gasteiger partial charge in [0.1, 0.15) is 10.6 Å². The maximum absolute atomic E-state index is 12.7. The number of para-hydroxylation sites is 1. The van der Waals surface area contributed by atoms with Crippen molar-refractivity contribution in [3.05, 3.63) is 24.3 Å². The molecule has 0 aromatic heterocycles. The third-order valence-electron chi connectivity index (χ3n) is 4.06. The first-order valence-electron chi connectivity index (χ1n) is 7.37. The summed E-state index contributed by atoms with van der Waals surface area (Å²) in [5.41, 5.74) is 0. The highest BCUT2D eigenvalue weighted by Gasteiger charge is 2.31. The lowest BCUT2D eigenvalue weighted by Gasteiger charge is -2.31. The lowest BCUT2D eigenvalue weighted by Crippen LogP contribution is -2.39. The van der Waals surface area contributed by atoms with Crippen LogP contribution in [0.1, 0.15) is 19.3 Å². The molecule has 1 aliphatic heterocycles. The summed E-state index contributed by atoms with van der Waals surface area (Å²) in [7, 11) is -0.0120. The van der Waals surface area contributed by atoms with Crippen molar-refractivity contribution in [1.29, 1.82) is 0 Å². The summed E-state index contributed by atoms with van der Waals surface area (Å²) >= 11 is 0. The second kappa shape index (κ2) is 7.24. The number of hydrogen-bond donors (Lipinski definition) is 1. The molecule has 2 rings (SSSR count). The molecule has 0 atom stereocenters. The molecule has 1 aliphatic rings. The maximum Gasteiger partial charge on any atom is 0.246 e. The second-order valence-corrected chi connectivity index (χ2v) is 7.30. The molecule has 6 heteroatoms. The zero-order valence-electron chi connectivity index (χ0n) is 12.7. The SMILES string of the molecule is CNCCC1CCN(S(=O)(=O)c2ccccc2OC)CC1. The minimum absolute atomic E-state index is 0.265. The molecule has 0 amide bonds. The van der Waals surface area contributed by atoms with E-state index in [1.165, 1.54) is 7.11 Å². The summed E-state index contributed by atoms with van der Waals surface area (Å²) in [5.74, 6) is 1.02. The van der Waals surface area contributed by atoms with E-state index in [0.717, 1.165) is 25.8 Å². The van der Waals surface area contributed by atoms with E-state index in [0.29, 0.717) is 24.8 Å². The van der Waals surface area contributed by atoms with E-state index in [1.807, 2.05) is 7.05 Å². The minimum atomic E-state index is -3.46. The van der Waals surface area contributed by atoms with E-state index in [2.05, 4.69) is 5.32 Å². The third-order valence-corrected chi connectivity index (χ3v) is 6.00. The molecule has 0 spiro atoms. The Hall–Kier alpha value is -1.11. The van der Waals surface area contributed by atoms with E-state index < -0.39 is 10.0 Å². The van der Waals surface area contributed by atoms with Crippen LogP contribution in [0.4, 0.5) is 0 Å². The van der Waals surface area contributed by atoms with E-state index >= 15 is 0 Å². The van der Waals surface area contributed by atoms with Gasteiger partial charge in [-0.15, -0.1) is 0 Å². The standard InChI is InChI=1S/C15H24N2O3S/c1-16-10-7-13-8-11-17(12-9-13)21(18,19)15-6-4-3-5-14(15)20-2/h3-6,13,16H,7-12H2,1-2H3. The molecule has 1 heterocycles. The van der Waals surface area contributed by atoms with Gasteiger partial charge in [0.2, 0.25) is 10.0 Å². The number of sulfonamides is 1. The van der Waals surface area contributed by atoms with Gasteiger partial charge in [0.15, 0.2) is 0 Å². The Bertz CT molecular complexity index is 552. The van der Waals surface area contributed by atoms with E-state index in [9.17, 15) is 8.42 Å². The Morgan fingerprint density at radius 2 is 1.95 bits per heavy atom. The minimum Gasteiger partial charge on any atom is -0.495 e. The Labute approximate surface area is 127 Å². The highest BCUT2D eigenvalue weighted by atomic mass is 32.2.